The molecule has 0 N–H and O–H groups in total. The van der Waals surface area contributed by atoms with E-state index in [0.29, 0.717) is 0 Å². The van der Waals surface area contributed by atoms with Gasteiger partial charge in [-0.15, -0.1) is 0 Å². The maximum Gasteiger partial charge on any atom is 0 e. The molecule has 0 aromatic rings. The van der Waals surface area contributed by atoms with Crippen molar-refractivity contribution in [1.29, 1.82) is 0 Å². The van der Waals surface area contributed by atoms with Gasteiger partial charge in [0.15, 0.2) is 0 Å². The van der Waals surface area contributed by atoms with E-state index < -0.39 is 0 Å². The number of hydrogen-bond acceptors (Lipinski definition) is 0. The quantitative estimate of drug-likeness (QED) is 0.332. The molecule has 0 saturated carbocycles. The third-order valence-corrected chi connectivity index (χ3v) is 0. The Bertz CT molecular complexity index is 4.00. The average molecular weight is 125 g/mol. The van der Waals surface area contributed by atoms with Gasteiger partial charge in [0.2, 0.25) is 0 Å². The zero-order valence-electron chi connectivity index (χ0n) is 2.71. The Balaban J connectivity index is -0.00000000500. The van der Waals surface area contributed by atoms with Crippen molar-refractivity contribution >= 4 is 0 Å². The topological polar surface area (TPSA) is 0 Å². The van der Waals surface area contributed by atoms with Crippen LogP contribution in [0, 0.1) is 6.92 Å². The second kappa shape index (κ2) is 25.5. The summed E-state index contributed by atoms with van der Waals surface area (Å²) in [6.45, 7) is 5.00. The molecule has 0 radical (unpaired) electrons. The Morgan fingerprint density at radius 3 is 1.00 bits per heavy atom. The summed E-state index contributed by atoms with van der Waals surface area (Å²) >= 11 is 0. The molecule has 0 heterocycles. The van der Waals surface area contributed by atoms with Crippen molar-refractivity contribution in [3.8, 4) is 0 Å². The van der Waals surface area contributed by atoms with Crippen molar-refractivity contribution in [2.75, 3.05) is 0 Å². The van der Waals surface area contributed by atoms with Gasteiger partial charge < -0.3 is 6.92 Å². The smallest absolute Gasteiger partial charge is 0 e. The predicted octanol–water partition coefficient (Wildman–Crippen LogP) is 0.835. The van der Waals surface area contributed by atoms with E-state index in [2.05, 4.69) is 6.92 Å². The monoisotopic (exact) mass is 125 g/mol. The van der Waals surface area contributed by atoms with Gasteiger partial charge in [-0.1, -0.05) is 0 Å². The minimum atomic E-state index is 0. The van der Waals surface area contributed by atoms with Crippen LogP contribution in [0.5, 0.6) is 0 Å². The summed E-state index contributed by atoms with van der Waals surface area (Å²) in [5.74, 6) is 0. The molecule has 0 spiro atoms. The van der Waals surface area contributed by atoms with E-state index in [1.165, 1.54) is 0 Å². The van der Waals surface area contributed by atoms with Crippen LogP contribution < -0.4 is 0 Å². The van der Waals surface area contributed by atoms with Gasteiger partial charge in [-0.2, -0.15) is 6.92 Å². The molecule has 2 heteroatoms. The van der Waals surface area contributed by atoms with Crippen LogP contribution in [-0.4, -0.2) is 0 Å². The van der Waals surface area contributed by atoms with Crippen molar-refractivity contribution < 1.29 is 43.4 Å². The van der Waals surface area contributed by atoms with Gasteiger partial charge in [-0.05, 0) is 0 Å². The molecule has 0 bridgehead atoms. The molecule has 0 atom stereocenters. The third-order valence-electron chi connectivity index (χ3n) is 0. The van der Waals surface area contributed by atoms with Crippen molar-refractivity contribution in [2.45, 2.75) is 6.92 Å². The van der Waals surface area contributed by atoms with Crippen LogP contribution >= 0.6 is 0 Å². The minimum Gasteiger partial charge on any atom is -0.346 e. The van der Waals surface area contributed by atoms with Gasteiger partial charge in [0.1, 0.15) is 0 Å². The van der Waals surface area contributed by atoms with E-state index in [4.69, 9.17) is 0 Å². The van der Waals surface area contributed by atoms with E-state index in [0.717, 1.165) is 0 Å². The molecule has 0 aliphatic rings. The van der Waals surface area contributed by atoms with E-state index in [9.17, 15) is 0 Å². The molecular weight excluding hydrogens is 120 g/mol. The fourth-order valence-corrected chi connectivity index (χ4v) is 0. The molecule has 0 aromatic heterocycles. The average Bonchev–Trinajstić information content (AvgIpc) is 1.00. The Hall–Kier alpha value is 1.43. The van der Waals surface area contributed by atoms with Gasteiger partial charge in [-0.3, -0.25) is 0 Å². The van der Waals surface area contributed by atoms with Crippen molar-refractivity contribution in [2.24, 2.45) is 0 Å². The Labute approximate surface area is 57.1 Å². The van der Waals surface area contributed by atoms with Crippen molar-refractivity contribution in [3.05, 3.63) is 6.92 Å². The zero-order chi connectivity index (χ0) is 2.00. The maximum atomic E-state index is 3.25. The summed E-state index contributed by atoms with van der Waals surface area (Å²) < 4.78 is 0. The first-order chi connectivity index (χ1) is 1.00. The Kier molecular flexibility index (Phi) is 115. The van der Waals surface area contributed by atoms with Crippen LogP contribution in [0.25, 0.3) is 0 Å². The molecule has 0 aromatic carbocycles. The zero-order valence-corrected chi connectivity index (χ0v) is 5.83. The first-order valence-corrected chi connectivity index (χ1v) is 0.707. The molecule has 0 saturated heterocycles. The Morgan fingerprint density at radius 1 is 1.00 bits per heavy atom. The standard InChI is InChI=1S/C2H5.2Ti/c1-2;;/h1H2,2H3;;/q-1;;. The van der Waals surface area contributed by atoms with Gasteiger partial charge in [0, 0.05) is 43.4 Å². The molecular formula is C2H5Ti2-. The maximum absolute atomic E-state index is 3.25. The van der Waals surface area contributed by atoms with Gasteiger partial charge in [0.05, 0.1) is 0 Å². The fourth-order valence-electron chi connectivity index (χ4n) is 0. The SMILES string of the molecule is [CH2-]C.[Ti].[Ti]. The summed E-state index contributed by atoms with van der Waals surface area (Å²) in [5, 5.41) is 0. The van der Waals surface area contributed by atoms with Crippen LogP contribution in [0.3, 0.4) is 0 Å². The Morgan fingerprint density at radius 2 is 1.00 bits per heavy atom. The summed E-state index contributed by atoms with van der Waals surface area (Å²) in [6.07, 6.45) is 0. The molecule has 22 valence electrons. The third kappa shape index (κ3) is 9.91. The summed E-state index contributed by atoms with van der Waals surface area (Å²) in [4.78, 5) is 0. The van der Waals surface area contributed by atoms with Gasteiger partial charge >= 0.3 is 0 Å². The van der Waals surface area contributed by atoms with Crippen LogP contribution in [0.2, 0.25) is 0 Å². The summed E-state index contributed by atoms with van der Waals surface area (Å²) in [7, 11) is 0. The molecule has 0 rings (SSSR count). The predicted molar refractivity (Wildman–Crippen MR) is 11.0 cm³/mol. The van der Waals surface area contributed by atoms with Gasteiger partial charge in [-0.25, -0.2) is 0 Å². The fraction of sp³-hybridized carbons (Fsp3) is 0.500. The van der Waals surface area contributed by atoms with Crippen molar-refractivity contribution in [1.82, 2.24) is 0 Å². The number of hydrogen-bond donors (Lipinski definition) is 0. The van der Waals surface area contributed by atoms with E-state index in [-0.39, 0.29) is 43.4 Å². The van der Waals surface area contributed by atoms with Crippen LogP contribution in [0.1, 0.15) is 6.92 Å². The van der Waals surface area contributed by atoms with Crippen LogP contribution in [0.4, 0.5) is 0 Å². The minimum absolute atomic E-state index is 0. The molecule has 0 aliphatic carbocycles. The van der Waals surface area contributed by atoms with Gasteiger partial charge in [0.25, 0.3) is 0 Å². The normalized spacial score (nSPS) is 1.50. The van der Waals surface area contributed by atoms with Crippen LogP contribution in [0.15, 0.2) is 0 Å². The molecule has 0 nitrogen and oxygen atoms in total. The van der Waals surface area contributed by atoms with E-state index in [1.54, 1.807) is 6.92 Å². The van der Waals surface area contributed by atoms with E-state index in [1.807, 2.05) is 0 Å². The first kappa shape index (κ1) is 18.1. The number of rotatable bonds is 0. The summed E-state index contributed by atoms with van der Waals surface area (Å²) in [5.41, 5.74) is 0. The van der Waals surface area contributed by atoms with Crippen molar-refractivity contribution in [3.63, 3.8) is 0 Å². The van der Waals surface area contributed by atoms with Crippen LogP contribution in [-0.2, 0) is 43.4 Å². The molecule has 0 aliphatic heterocycles. The molecule has 0 unspecified atom stereocenters. The second-order valence-corrected chi connectivity index (χ2v) is 0. The molecule has 4 heavy (non-hydrogen) atoms. The second-order valence-electron chi connectivity index (χ2n) is 0. The largest absolute Gasteiger partial charge is 0.346 e. The molecule has 0 amide bonds. The van der Waals surface area contributed by atoms with E-state index >= 15 is 0 Å². The summed E-state index contributed by atoms with van der Waals surface area (Å²) in [6, 6.07) is 0. The first-order valence-electron chi connectivity index (χ1n) is 0.707. The molecule has 0 fully saturated rings.